The highest BCUT2D eigenvalue weighted by Crippen LogP contribution is 2.16. The molecule has 3 rings (SSSR count). The molecule has 5 heteroatoms. The summed E-state index contributed by atoms with van der Waals surface area (Å²) in [5.74, 6) is 0. The molecule has 1 unspecified atom stereocenters. The van der Waals surface area contributed by atoms with Crippen molar-refractivity contribution in [1.29, 1.82) is 0 Å². The van der Waals surface area contributed by atoms with Crippen LogP contribution in [0.1, 0.15) is 23.8 Å². The highest BCUT2D eigenvalue weighted by Gasteiger charge is 2.10. The van der Waals surface area contributed by atoms with Crippen LogP contribution in [0, 0.1) is 0 Å². The number of pyridine rings is 1. The topological polar surface area (TPSA) is 57.8 Å². The van der Waals surface area contributed by atoms with Crippen molar-refractivity contribution >= 4 is 5.65 Å². The van der Waals surface area contributed by atoms with Gasteiger partial charge in [-0.2, -0.15) is 0 Å². The van der Waals surface area contributed by atoms with Crippen molar-refractivity contribution in [3.8, 4) is 0 Å². The SMILES string of the molecule is CN(CCC(O)c1ccccc1)Cc1cc(=O)n2ccccc2n1. The summed E-state index contributed by atoms with van der Waals surface area (Å²) in [4.78, 5) is 18.7. The summed E-state index contributed by atoms with van der Waals surface area (Å²) in [5.41, 5.74) is 2.24. The van der Waals surface area contributed by atoms with E-state index in [4.69, 9.17) is 0 Å². The van der Waals surface area contributed by atoms with Crippen molar-refractivity contribution in [2.45, 2.75) is 19.1 Å². The molecular formula is C19H21N3O2. The van der Waals surface area contributed by atoms with Gasteiger partial charge in [0.2, 0.25) is 0 Å². The lowest BCUT2D eigenvalue weighted by Crippen LogP contribution is -2.24. The molecule has 1 atom stereocenters. The normalized spacial score (nSPS) is 12.6. The molecule has 1 N–H and O–H groups in total. The lowest BCUT2D eigenvalue weighted by molar-refractivity contribution is 0.147. The maximum Gasteiger partial charge on any atom is 0.258 e. The van der Waals surface area contributed by atoms with Crippen LogP contribution in [-0.2, 0) is 6.54 Å². The maximum atomic E-state index is 12.1. The fraction of sp³-hybridized carbons (Fsp3) is 0.263. The first-order valence-corrected chi connectivity index (χ1v) is 8.02. The molecule has 0 fully saturated rings. The van der Waals surface area contributed by atoms with Crippen molar-refractivity contribution < 1.29 is 5.11 Å². The van der Waals surface area contributed by atoms with Gasteiger partial charge in [0.15, 0.2) is 0 Å². The molecule has 0 aliphatic rings. The fourth-order valence-electron chi connectivity index (χ4n) is 2.72. The summed E-state index contributed by atoms with van der Waals surface area (Å²) >= 11 is 0. The zero-order valence-corrected chi connectivity index (χ0v) is 13.7. The van der Waals surface area contributed by atoms with Gasteiger partial charge in [0.1, 0.15) is 5.65 Å². The summed E-state index contributed by atoms with van der Waals surface area (Å²) in [5, 5.41) is 10.2. The number of nitrogens with zero attached hydrogens (tertiary/aromatic N) is 3. The Kier molecular flexibility index (Phi) is 5.03. The van der Waals surface area contributed by atoms with Crippen LogP contribution in [0.3, 0.4) is 0 Å². The number of aliphatic hydroxyl groups is 1. The first-order valence-electron chi connectivity index (χ1n) is 8.02. The van der Waals surface area contributed by atoms with Gasteiger partial charge < -0.3 is 10.0 Å². The van der Waals surface area contributed by atoms with Gasteiger partial charge in [0.05, 0.1) is 11.8 Å². The molecule has 5 nitrogen and oxygen atoms in total. The van der Waals surface area contributed by atoms with Crippen LogP contribution in [0.25, 0.3) is 5.65 Å². The second kappa shape index (κ2) is 7.38. The average molecular weight is 323 g/mol. The lowest BCUT2D eigenvalue weighted by Gasteiger charge is -2.19. The number of aliphatic hydroxyl groups excluding tert-OH is 1. The second-order valence-corrected chi connectivity index (χ2v) is 5.97. The van der Waals surface area contributed by atoms with Crippen LogP contribution in [-0.4, -0.2) is 33.0 Å². The molecule has 0 bridgehead atoms. The molecule has 3 aromatic rings. The smallest absolute Gasteiger partial charge is 0.258 e. The molecule has 1 aromatic carbocycles. The van der Waals surface area contributed by atoms with Crippen LogP contribution in [0.5, 0.6) is 0 Å². The number of rotatable bonds is 6. The van der Waals surface area contributed by atoms with Gasteiger partial charge in [-0.05, 0) is 31.2 Å². The molecule has 0 aliphatic carbocycles. The van der Waals surface area contributed by atoms with Gasteiger partial charge in [-0.25, -0.2) is 4.98 Å². The van der Waals surface area contributed by atoms with Crippen molar-refractivity contribution in [2.75, 3.05) is 13.6 Å². The molecule has 0 saturated carbocycles. The Balaban J connectivity index is 1.63. The van der Waals surface area contributed by atoms with E-state index in [1.54, 1.807) is 12.3 Å². The monoisotopic (exact) mass is 323 g/mol. The number of aromatic nitrogens is 2. The first-order chi connectivity index (χ1) is 11.6. The Bertz CT molecular complexity index is 861. The number of hydrogen-bond donors (Lipinski definition) is 1. The molecule has 24 heavy (non-hydrogen) atoms. The molecule has 0 radical (unpaired) electrons. The minimum Gasteiger partial charge on any atom is -0.388 e. The van der Waals surface area contributed by atoms with Crippen molar-refractivity contribution in [2.24, 2.45) is 0 Å². The van der Waals surface area contributed by atoms with E-state index in [0.717, 1.165) is 11.3 Å². The van der Waals surface area contributed by atoms with E-state index in [9.17, 15) is 9.90 Å². The summed E-state index contributed by atoms with van der Waals surface area (Å²) in [6.45, 7) is 1.29. The molecule has 2 aromatic heterocycles. The van der Waals surface area contributed by atoms with E-state index >= 15 is 0 Å². The molecule has 0 spiro atoms. The summed E-state index contributed by atoms with van der Waals surface area (Å²) in [7, 11) is 1.96. The first kappa shape index (κ1) is 16.4. The minimum atomic E-state index is -0.483. The number of fused-ring (bicyclic) bond motifs is 1. The Hall–Kier alpha value is -2.50. The quantitative estimate of drug-likeness (QED) is 0.756. The van der Waals surface area contributed by atoms with Crippen molar-refractivity contribution in [3.05, 3.63) is 82.4 Å². The molecule has 0 aliphatic heterocycles. The Morgan fingerprint density at radius 2 is 1.92 bits per heavy atom. The zero-order valence-electron chi connectivity index (χ0n) is 13.7. The third-order valence-electron chi connectivity index (χ3n) is 4.02. The van der Waals surface area contributed by atoms with E-state index in [0.29, 0.717) is 25.2 Å². The van der Waals surface area contributed by atoms with E-state index in [2.05, 4.69) is 9.88 Å². The third kappa shape index (κ3) is 3.88. The minimum absolute atomic E-state index is 0.0756. The zero-order chi connectivity index (χ0) is 16.9. The fourth-order valence-corrected chi connectivity index (χ4v) is 2.72. The van der Waals surface area contributed by atoms with Crippen molar-refractivity contribution in [1.82, 2.24) is 14.3 Å². The second-order valence-electron chi connectivity index (χ2n) is 5.97. The summed E-state index contributed by atoms with van der Waals surface area (Å²) in [6, 6.07) is 16.7. The van der Waals surface area contributed by atoms with Gasteiger partial charge in [-0.15, -0.1) is 0 Å². The average Bonchev–Trinajstić information content (AvgIpc) is 2.60. The van der Waals surface area contributed by atoms with Gasteiger partial charge in [-0.3, -0.25) is 9.20 Å². The molecule has 2 heterocycles. The van der Waals surface area contributed by atoms with Crippen LogP contribution in [0.2, 0.25) is 0 Å². The maximum absolute atomic E-state index is 12.1. The van der Waals surface area contributed by atoms with Crippen molar-refractivity contribution in [3.63, 3.8) is 0 Å². The Morgan fingerprint density at radius 3 is 2.71 bits per heavy atom. The number of hydrogen-bond acceptors (Lipinski definition) is 4. The van der Waals surface area contributed by atoms with Crippen LogP contribution < -0.4 is 5.56 Å². The van der Waals surface area contributed by atoms with Crippen LogP contribution >= 0.6 is 0 Å². The Labute approximate surface area is 140 Å². The Morgan fingerprint density at radius 1 is 1.17 bits per heavy atom. The van der Waals surface area contributed by atoms with Gasteiger partial charge >= 0.3 is 0 Å². The molecule has 124 valence electrons. The molecule has 0 amide bonds. The largest absolute Gasteiger partial charge is 0.388 e. The summed E-state index contributed by atoms with van der Waals surface area (Å²) < 4.78 is 1.53. The lowest BCUT2D eigenvalue weighted by atomic mass is 10.1. The van der Waals surface area contributed by atoms with E-state index in [-0.39, 0.29) is 5.56 Å². The molecule has 0 saturated heterocycles. The number of benzene rings is 1. The highest BCUT2D eigenvalue weighted by atomic mass is 16.3. The highest BCUT2D eigenvalue weighted by molar-refractivity contribution is 5.37. The van der Waals surface area contributed by atoms with Gasteiger partial charge in [0.25, 0.3) is 5.56 Å². The predicted octanol–water partition coefficient (Wildman–Crippen LogP) is 2.25. The molecular weight excluding hydrogens is 302 g/mol. The third-order valence-corrected chi connectivity index (χ3v) is 4.02. The van der Waals surface area contributed by atoms with Gasteiger partial charge in [0, 0.05) is 25.4 Å². The predicted molar refractivity (Wildman–Crippen MR) is 93.8 cm³/mol. The van der Waals surface area contributed by atoms with Crippen LogP contribution in [0.15, 0.2) is 65.6 Å². The van der Waals surface area contributed by atoms with E-state index in [1.165, 1.54) is 4.40 Å². The van der Waals surface area contributed by atoms with Crippen LogP contribution in [0.4, 0.5) is 0 Å². The summed E-state index contributed by atoms with van der Waals surface area (Å²) in [6.07, 6.45) is 1.87. The van der Waals surface area contributed by atoms with E-state index in [1.807, 2.05) is 55.6 Å². The van der Waals surface area contributed by atoms with E-state index < -0.39 is 6.10 Å². The van der Waals surface area contributed by atoms with Gasteiger partial charge in [-0.1, -0.05) is 36.4 Å². The standard InChI is InChI=1S/C19H21N3O2/c1-21(12-10-17(23)15-7-3-2-4-8-15)14-16-13-19(24)22-11-6-5-9-18(22)20-16/h2-9,11,13,17,23H,10,12,14H2,1H3.